The van der Waals surface area contributed by atoms with Gasteiger partial charge in [-0.25, -0.2) is 13.2 Å². The Kier molecular flexibility index (Phi) is 13.2. The van der Waals surface area contributed by atoms with Crippen molar-refractivity contribution in [1.29, 1.82) is 0 Å². The lowest BCUT2D eigenvalue weighted by Crippen LogP contribution is -2.25. The van der Waals surface area contributed by atoms with Crippen LogP contribution in [0.25, 0.3) is 22.3 Å². The smallest absolute Gasteiger partial charge is 0.201 e. The van der Waals surface area contributed by atoms with Crippen LogP contribution in [0.15, 0.2) is 48.5 Å². The second kappa shape index (κ2) is 17.5. The third-order valence-corrected chi connectivity index (χ3v) is 11.2. The van der Waals surface area contributed by atoms with Crippen molar-refractivity contribution < 1.29 is 22.3 Å². The molecule has 3 aromatic carbocycles. The van der Waals surface area contributed by atoms with Crippen LogP contribution in [0.3, 0.4) is 0 Å². The first-order valence-electron chi connectivity index (χ1n) is 18.6. The molecule has 0 radical (unpaired) electrons. The number of unbranched alkanes of at least 4 members (excludes halogenated alkanes) is 6. The maximum Gasteiger partial charge on any atom is 0.201 e. The maximum atomic E-state index is 15.5. The van der Waals surface area contributed by atoms with Gasteiger partial charge in [0.25, 0.3) is 0 Å². The van der Waals surface area contributed by atoms with Gasteiger partial charge in [0.1, 0.15) is 0 Å². The van der Waals surface area contributed by atoms with E-state index in [1.54, 1.807) is 36.4 Å². The second-order valence-electron chi connectivity index (χ2n) is 14.3. The zero-order valence-electron chi connectivity index (χ0n) is 28.6. The Hall–Kier alpha value is -2.82. The molecule has 0 saturated heterocycles. The molecule has 2 aliphatic carbocycles. The van der Waals surface area contributed by atoms with Crippen LogP contribution in [0.1, 0.15) is 134 Å². The first-order chi connectivity index (χ1) is 22.9. The van der Waals surface area contributed by atoms with Gasteiger partial charge in [0.2, 0.25) is 5.82 Å². The zero-order chi connectivity index (χ0) is 33.2. The molecule has 0 unspecified atom stereocenters. The molecule has 5 rings (SSSR count). The summed E-state index contributed by atoms with van der Waals surface area (Å²) in [6.45, 7) is 4.67. The summed E-state index contributed by atoms with van der Waals surface area (Å²) in [5.74, 6) is -1.22. The largest absolute Gasteiger partial charge is 0.490 e. The van der Waals surface area contributed by atoms with E-state index in [9.17, 15) is 8.78 Å². The van der Waals surface area contributed by atoms with Crippen molar-refractivity contribution in [1.82, 2.24) is 0 Å². The molecule has 0 bridgehead atoms. The van der Waals surface area contributed by atoms with Crippen molar-refractivity contribution in [3.8, 4) is 28.0 Å². The third-order valence-electron chi connectivity index (χ3n) is 11.2. The average Bonchev–Trinajstić information content (AvgIpc) is 3.10. The van der Waals surface area contributed by atoms with Crippen LogP contribution in [0.5, 0.6) is 5.75 Å². The Bertz CT molecular complexity index is 1400. The number of halogens is 4. The molecular formula is C42H54F4O. The third kappa shape index (κ3) is 9.00. The lowest BCUT2D eigenvalue weighted by Gasteiger charge is -2.38. The molecule has 0 spiro atoms. The number of ether oxygens (including phenoxy) is 1. The fourth-order valence-corrected chi connectivity index (χ4v) is 8.22. The van der Waals surface area contributed by atoms with Gasteiger partial charge in [0.15, 0.2) is 23.2 Å². The quantitative estimate of drug-likeness (QED) is 0.117. The summed E-state index contributed by atoms with van der Waals surface area (Å²) in [5, 5.41) is 0. The van der Waals surface area contributed by atoms with Crippen LogP contribution in [-0.4, -0.2) is 6.61 Å². The van der Waals surface area contributed by atoms with Gasteiger partial charge in [-0.2, -0.15) is 4.39 Å². The van der Waals surface area contributed by atoms with Crippen LogP contribution in [0, 0.1) is 41.0 Å². The highest BCUT2D eigenvalue weighted by Gasteiger charge is 2.32. The summed E-state index contributed by atoms with van der Waals surface area (Å²) in [6, 6.07) is 12.9. The first-order valence-corrected chi connectivity index (χ1v) is 18.6. The molecule has 0 N–H and O–H groups in total. The van der Waals surface area contributed by atoms with E-state index in [4.69, 9.17) is 4.74 Å². The Morgan fingerprint density at radius 2 is 1.06 bits per heavy atom. The highest BCUT2D eigenvalue weighted by Crippen LogP contribution is 2.45. The number of rotatable bonds is 15. The van der Waals surface area contributed by atoms with Gasteiger partial charge >= 0.3 is 0 Å². The van der Waals surface area contributed by atoms with Crippen molar-refractivity contribution >= 4 is 0 Å². The van der Waals surface area contributed by atoms with Gasteiger partial charge in [-0.1, -0.05) is 114 Å². The van der Waals surface area contributed by atoms with E-state index >= 15 is 8.78 Å². The molecule has 2 fully saturated rings. The highest BCUT2D eigenvalue weighted by atomic mass is 19.2. The molecule has 5 heteroatoms. The van der Waals surface area contributed by atoms with Gasteiger partial charge in [0.05, 0.1) is 6.61 Å². The molecule has 0 aliphatic heterocycles. The van der Waals surface area contributed by atoms with E-state index in [0.717, 1.165) is 62.7 Å². The van der Waals surface area contributed by atoms with Crippen molar-refractivity contribution in [2.45, 2.75) is 129 Å². The molecule has 256 valence electrons. The molecular weight excluding hydrogens is 596 g/mol. The SMILES string of the molecule is CCCCCCCC1CCC(C2CCC(c3ccc(-c4ccc(-c5ccc(OCCCCC)c(F)c5F)cc4)c(F)c3F)CC2)CC1. The molecule has 3 aromatic rings. The predicted octanol–water partition coefficient (Wildman–Crippen LogP) is 13.6. The maximum absolute atomic E-state index is 15.5. The van der Waals surface area contributed by atoms with E-state index < -0.39 is 23.3 Å². The Balaban J connectivity index is 1.15. The lowest BCUT2D eigenvalue weighted by molar-refractivity contribution is 0.155. The topological polar surface area (TPSA) is 9.23 Å². The van der Waals surface area contributed by atoms with Crippen molar-refractivity contribution in [3.63, 3.8) is 0 Å². The van der Waals surface area contributed by atoms with Gasteiger partial charge in [0, 0.05) is 11.1 Å². The van der Waals surface area contributed by atoms with E-state index in [-0.39, 0.29) is 22.8 Å². The summed E-state index contributed by atoms with van der Waals surface area (Å²) in [6.07, 6.45) is 20.4. The van der Waals surface area contributed by atoms with Gasteiger partial charge < -0.3 is 4.74 Å². The summed E-state index contributed by atoms with van der Waals surface area (Å²) in [7, 11) is 0. The van der Waals surface area contributed by atoms with Crippen LogP contribution >= 0.6 is 0 Å². The van der Waals surface area contributed by atoms with Gasteiger partial charge in [-0.15, -0.1) is 0 Å². The van der Waals surface area contributed by atoms with Crippen molar-refractivity contribution in [2.75, 3.05) is 6.61 Å². The van der Waals surface area contributed by atoms with Crippen LogP contribution in [0.2, 0.25) is 0 Å². The van der Waals surface area contributed by atoms with Crippen LogP contribution in [0.4, 0.5) is 17.6 Å². The van der Waals surface area contributed by atoms with Gasteiger partial charge in [-0.05, 0) is 97.4 Å². The molecule has 0 amide bonds. The second-order valence-corrected chi connectivity index (χ2v) is 14.3. The summed E-state index contributed by atoms with van der Waals surface area (Å²) in [4.78, 5) is 0. The van der Waals surface area contributed by atoms with E-state index in [2.05, 4.69) is 13.8 Å². The molecule has 1 nitrogen and oxygen atoms in total. The highest BCUT2D eigenvalue weighted by molar-refractivity contribution is 5.72. The minimum Gasteiger partial charge on any atom is -0.490 e. The van der Waals surface area contributed by atoms with Crippen LogP contribution in [-0.2, 0) is 0 Å². The van der Waals surface area contributed by atoms with Crippen molar-refractivity contribution in [2.24, 2.45) is 17.8 Å². The Morgan fingerprint density at radius 3 is 1.68 bits per heavy atom. The fourth-order valence-electron chi connectivity index (χ4n) is 8.22. The van der Waals surface area contributed by atoms with Crippen LogP contribution < -0.4 is 4.74 Å². The monoisotopic (exact) mass is 650 g/mol. The number of hydrogen-bond acceptors (Lipinski definition) is 1. The Labute approximate surface area is 280 Å². The number of hydrogen-bond donors (Lipinski definition) is 0. The van der Waals surface area contributed by atoms with E-state index in [0.29, 0.717) is 23.3 Å². The standard InChI is InChI=1S/C42H54F4O/c1-3-5-7-8-9-11-29-12-14-30(15-13-29)31-16-18-32(19-17-31)35-24-25-36(40(44)39(35)43)33-20-22-34(23-21-33)37-26-27-38(42(46)41(37)45)47-28-10-6-4-2/h20-27,29-32H,3-19,28H2,1-2H3. The minimum atomic E-state index is -1.02. The molecule has 0 aromatic heterocycles. The molecule has 47 heavy (non-hydrogen) atoms. The minimum absolute atomic E-state index is 0.0492. The fraction of sp³-hybridized carbons (Fsp3) is 0.571. The lowest BCUT2D eigenvalue weighted by atomic mass is 9.68. The normalized spacial score (nSPS) is 21.6. The predicted molar refractivity (Wildman–Crippen MR) is 186 cm³/mol. The van der Waals surface area contributed by atoms with E-state index in [1.807, 2.05) is 0 Å². The van der Waals surface area contributed by atoms with Gasteiger partial charge in [-0.3, -0.25) is 0 Å². The summed E-state index contributed by atoms with van der Waals surface area (Å²) < 4.78 is 66.1. The molecule has 0 heterocycles. The first kappa shape index (κ1) is 35.5. The summed E-state index contributed by atoms with van der Waals surface area (Å²) in [5.41, 5.74) is 1.71. The number of benzene rings is 3. The Morgan fingerprint density at radius 1 is 0.532 bits per heavy atom. The van der Waals surface area contributed by atoms with E-state index in [1.165, 1.54) is 76.3 Å². The molecule has 0 atom stereocenters. The zero-order valence-corrected chi connectivity index (χ0v) is 28.6. The molecule has 2 aliphatic rings. The average molecular weight is 651 g/mol. The summed E-state index contributed by atoms with van der Waals surface area (Å²) >= 11 is 0. The molecule has 2 saturated carbocycles. The van der Waals surface area contributed by atoms with Crippen molar-refractivity contribution in [3.05, 3.63) is 77.4 Å².